The zero-order chi connectivity index (χ0) is 21.4. The van der Waals surface area contributed by atoms with Crippen molar-refractivity contribution in [2.45, 2.75) is 43.7 Å². The van der Waals surface area contributed by atoms with E-state index in [1.165, 1.54) is 5.56 Å². The average Bonchev–Trinajstić information content (AvgIpc) is 3.62. The van der Waals surface area contributed by atoms with Crippen LogP contribution in [0.25, 0.3) is 0 Å². The fraction of sp³-hybridized carbons (Fsp3) is 0.308. The molecule has 1 amide bonds. The molecule has 2 heterocycles. The molecule has 5 heteroatoms. The first-order valence-corrected chi connectivity index (χ1v) is 11.6. The van der Waals surface area contributed by atoms with Gasteiger partial charge in [-0.1, -0.05) is 53.5 Å². The summed E-state index contributed by atoms with van der Waals surface area (Å²) in [7, 11) is 0. The molecule has 2 unspecified atom stereocenters. The van der Waals surface area contributed by atoms with Crippen molar-refractivity contribution in [2.75, 3.05) is 0 Å². The highest BCUT2D eigenvalue weighted by molar-refractivity contribution is 6.30. The first-order valence-electron chi connectivity index (χ1n) is 10.8. The van der Waals surface area contributed by atoms with Crippen LogP contribution in [-0.2, 0) is 4.79 Å². The molecule has 31 heavy (non-hydrogen) atoms. The highest BCUT2D eigenvalue weighted by atomic mass is 35.5. The Hall–Kier alpha value is -2.36. The molecule has 1 saturated carbocycles. The SMILES string of the molecule is O=C1CCC(c2cccc(Cl)c2)C(c2ccc(Cl)cc2)N1[C@H](c1ccccn1)C1CC1. The number of amides is 1. The van der Waals surface area contributed by atoms with Gasteiger partial charge in [-0.3, -0.25) is 9.78 Å². The molecule has 2 aromatic carbocycles. The van der Waals surface area contributed by atoms with Gasteiger partial charge in [0.15, 0.2) is 0 Å². The predicted molar refractivity (Wildman–Crippen MR) is 124 cm³/mol. The van der Waals surface area contributed by atoms with Gasteiger partial charge in [0.2, 0.25) is 5.91 Å². The molecule has 2 fully saturated rings. The van der Waals surface area contributed by atoms with Crippen LogP contribution in [0.4, 0.5) is 0 Å². The first kappa shape index (κ1) is 20.5. The minimum Gasteiger partial charge on any atom is -0.326 e. The van der Waals surface area contributed by atoms with Gasteiger partial charge in [0.25, 0.3) is 0 Å². The van der Waals surface area contributed by atoms with Crippen molar-refractivity contribution in [2.24, 2.45) is 5.92 Å². The van der Waals surface area contributed by atoms with Gasteiger partial charge < -0.3 is 4.90 Å². The van der Waals surface area contributed by atoms with E-state index >= 15 is 0 Å². The van der Waals surface area contributed by atoms with Crippen molar-refractivity contribution in [3.63, 3.8) is 0 Å². The van der Waals surface area contributed by atoms with Crippen LogP contribution in [0.3, 0.4) is 0 Å². The van der Waals surface area contributed by atoms with E-state index in [1.807, 2.05) is 48.7 Å². The van der Waals surface area contributed by atoms with Crippen molar-refractivity contribution in [1.29, 1.82) is 0 Å². The maximum atomic E-state index is 13.5. The molecule has 3 nitrogen and oxygen atoms in total. The number of pyridine rings is 1. The average molecular weight is 451 g/mol. The largest absolute Gasteiger partial charge is 0.326 e. The summed E-state index contributed by atoms with van der Waals surface area (Å²) in [6, 6.07) is 21.9. The minimum atomic E-state index is -0.0930. The predicted octanol–water partition coefficient (Wildman–Crippen LogP) is 6.99. The lowest BCUT2D eigenvalue weighted by atomic mass is 9.78. The number of hydrogen-bond acceptors (Lipinski definition) is 2. The molecular weight excluding hydrogens is 427 g/mol. The van der Waals surface area contributed by atoms with Crippen molar-refractivity contribution < 1.29 is 4.79 Å². The lowest BCUT2D eigenvalue weighted by Gasteiger charge is -2.46. The number of halogens is 2. The number of likely N-dealkylation sites (tertiary alicyclic amines) is 1. The van der Waals surface area contributed by atoms with E-state index in [4.69, 9.17) is 23.2 Å². The molecule has 3 aromatic rings. The molecule has 1 aromatic heterocycles. The third kappa shape index (κ3) is 4.22. The molecule has 2 aliphatic rings. The van der Waals surface area contributed by atoms with Gasteiger partial charge in [0.05, 0.1) is 17.8 Å². The zero-order valence-electron chi connectivity index (χ0n) is 17.1. The summed E-state index contributed by atoms with van der Waals surface area (Å²) >= 11 is 12.6. The second-order valence-electron chi connectivity index (χ2n) is 8.53. The summed E-state index contributed by atoms with van der Waals surface area (Å²) in [6.07, 6.45) is 5.39. The van der Waals surface area contributed by atoms with Crippen LogP contribution < -0.4 is 0 Å². The Bertz CT molecular complexity index is 1070. The zero-order valence-corrected chi connectivity index (χ0v) is 18.6. The van der Waals surface area contributed by atoms with E-state index in [0.29, 0.717) is 17.4 Å². The van der Waals surface area contributed by atoms with E-state index in [0.717, 1.165) is 35.5 Å². The van der Waals surface area contributed by atoms with E-state index in [2.05, 4.69) is 34.1 Å². The standard InChI is InChI=1S/C26H24Cl2N2O/c27-20-11-9-17(10-12-20)25-22(19-4-3-5-21(28)16-19)13-14-24(31)30(25)26(18-7-8-18)23-6-1-2-15-29-23/h1-6,9-12,15-16,18,22,25-26H,7-8,13-14H2/t22?,25?,26-/m0/s1. The number of hydrogen-bond donors (Lipinski definition) is 0. The molecule has 158 valence electrons. The highest BCUT2D eigenvalue weighted by Crippen LogP contribution is 2.52. The van der Waals surface area contributed by atoms with Crippen molar-refractivity contribution in [3.05, 3.63) is 99.8 Å². The molecular formula is C26H24Cl2N2O. The third-order valence-corrected chi connectivity index (χ3v) is 6.97. The lowest BCUT2D eigenvalue weighted by Crippen LogP contribution is -2.45. The monoisotopic (exact) mass is 450 g/mol. The van der Waals surface area contributed by atoms with Gasteiger partial charge in [0, 0.05) is 28.6 Å². The van der Waals surface area contributed by atoms with Gasteiger partial charge in [-0.2, -0.15) is 0 Å². The summed E-state index contributed by atoms with van der Waals surface area (Å²) in [5, 5.41) is 1.42. The Morgan fingerprint density at radius 1 is 0.871 bits per heavy atom. The van der Waals surface area contributed by atoms with Crippen LogP contribution in [0.15, 0.2) is 72.9 Å². The van der Waals surface area contributed by atoms with Gasteiger partial charge in [-0.05, 0) is 72.7 Å². The number of rotatable bonds is 5. The first-order chi connectivity index (χ1) is 15.1. The third-order valence-electron chi connectivity index (χ3n) is 6.49. The van der Waals surface area contributed by atoms with Gasteiger partial charge in [-0.25, -0.2) is 0 Å². The molecule has 0 bridgehead atoms. The molecule has 5 rings (SSSR count). The van der Waals surface area contributed by atoms with Crippen LogP contribution in [-0.4, -0.2) is 15.8 Å². The Labute approximate surface area is 193 Å². The maximum Gasteiger partial charge on any atom is 0.223 e. The number of aromatic nitrogens is 1. The summed E-state index contributed by atoms with van der Waals surface area (Å²) in [5.74, 6) is 0.801. The number of carbonyl (C=O) groups is 1. The minimum absolute atomic E-state index is 0.0173. The summed E-state index contributed by atoms with van der Waals surface area (Å²) < 4.78 is 0. The number of nitrogens with zero attached hydrogens (tertiary/aromatic N) is 2. The van der Waals surface area contributed by atoms with E-state index in [9.17, 15) is 4.79 Å². The molecule has 1 saturated heterocycles. The van der Waals surface area contributed by atoms with Crippen LogP contribution in [0.5, 0.6) is 0 Å². The summed E-state index contributed by atoms with van der Waals surface area (Å²) in [4.78, 5) is 20.3. The fourth-order valence-electron chi connectivity index (χ4n) is 4.96. The molecule has 0 N–H and O–H groups in total. The van der Waals surface area contributed by atoms with Crippen molar-refractivity contribution >= 4 is 29.1 Å². The number of piperidine rings is 1. The van der Waals surface area contributed by atoms with Crippen molar-refractivity contribution in [1.82, 2.24) is 9.88 Å². The maximum absolute atomic E-state index is 13.5. The molecule has 1 aliphatic heterocycles. The van der Waals surface area contributed by atoms with Gasteiger partial charge in [-0.15, -0.1) is 0 Å². The Morgan fingerprint density at radius 2 is 1.68 bits per heavy atom. The molecule has 0 radical (unpaired) electrons. The Balaban J connectivity index is 1.64. The second kappa shape index (κ2) is 8.64. The number of benzene rings is 2. The van der Waals surface area contributed by atoms with Crippen molar-refractivity contribution in [3.8, 4) is 0 Å². The highest BCUT2D eigenvalue weighted by Gasteiger charge is 2.47. The van der Waals surface area contributed by atoms with Crippen LogP contribution >= 0.6 is 23.2 Å². The Morgan fingerprint density at radius 3 is 2.35 bits per heavy atom. The summed E-state index contributed by atoms with van der Waals surface area (Å²) in [5.41, 5.74) is 3.24. The Kier molecular flexibility index (Phi) is 5.73. The van der Waals surface area contributed by atoms with Gasteiger partial charge in [0.1, 0.15) is 0 Å². The second-order valence-corrected chi connectivity index (χ2v) is 9.41. The summed E-state index contributed by atoms with van der Waals surface area (Å²) in [6.45, 7) is 0. The fourth-order valence-corrected chi connectivity index (χ4v) is 5.28. The normalized spacial score (nSPS) is 22.4. The topological polar surface area (TPSA) is 33.2 Å². The van der Waals surface area contributed by atoms with E-state index in [-0.39, 0.29) is 23.9 Å². The smallest absolute Gasteiger partial charge is 0.223 e. The van der Waals surface area contributed by atoms with Crippen LogP contribution in [0.2, 0.25) is 10.0 Å². The van der Waals surface area contributed by atoms with E-state index in [1.54, 1.807) is 0 Å². The van der Waals surface area contributed by atoms with E-state index < -0.39 is 0 Å². The van der Waals surface area contributed by atoms with Crippen LogP contribution in [0, 0.1) is 5.92 Å². The van der Waals surface area contributed by atoms with Gasteiger partial charge >= 0.3 is 0 Å². The molecule has 0 spiro atoms. The molecule has 1 aliphatic carbocycles. The van der Waals surface area contributed by atoms with Crippen LogP contribution in [0.1, 0.15) is 60.5 Å². The lowest BCUT2D eigenvalue weighted by molar-refractivity contribution is -0.142. The molecule has 3 atom stereocenters. The number of carbonyl (C=O) groups excluding carboxylic acids is 1. The quantitative estimate of drug-likeness (QED) is 0.419.